The SMILES string of the molecule is Cn1cc(-c2ccnc(N3CCC(NC(=O)c4nccn4C)C3)n2)cn1. The van der Waals surface area contributed by atoms with Gasteiger partial charge >= 0.3 is 0 Å². The van der Waals surface area contributed by atoms with Crippen LogP contribution in [-0.2, 0) is 14.1 Å². The normalized spacial score (nSPS) is 16.8. The van der Waals surface area contributed by atoms with E-state index < -0.39 is 0 Å². The Balaban J connectivity index is 1.44. The van der Waals surface area contributed by atoms with Crippen LogP contribution in [0.25, 0.3) is 11.3 Å². The Morgan fingerprint density at radius 2 is 2.15 bits per heavy atom. The lowest BCUT2D eigenvalue weighted by atomic mass is 10.2. The maximum Gasteiger partial charge on any atom is 0.287 e. The van der Waals surface area contributed by atoms with Crippen molar-refractivity contribution in [2.75, 3.05) is 18.0 Å². The van der Waals surface area contributed by atoms with Gasteiger partial charge in [0.15, 0.2) is 5.82 Å². The summed E-state index contributed by atoms with van der Waals surface area (Å²) in [5.74, 6) is 0.924. The summed E-state index contributed by atoms with van der Waals surface area (Å²) in [6, 6.07) is 1.92. The number of hydrogen-bond acceptors (Lipinski definition) is 6. The largest absolute Gasteiger partial charge is 0.345 e. The molecule has 1 fully saturated rings. The summed E-state index contributed by atoms with van der Waals surface area (Å²) in [4.78, 5) is 27.5. The number of carbonyl (C=O) groups is 1. The van der Waals surface area contributed by atoms with Gasteiger partial charge < -0.3 is 14.8 Å². The van der Waals surface area contributed by atoms with Crippen molar-refractivity contribution in [3.05, 3.63) is 42.9 Å². The molecule has 3 aromatic heterocycles. The molecule has 1 saturated heterocycles. The molecule has 0 radical (unpaired) electrons. The van der Waals surface area contributed by atoms with Crippen molar-refractivity contribution in [2.45, 2.75) is 12.5 Å². The summed E-state index contributed by atoms with van der Waals surface area (Å²) in [6.07, 6.45) is 9.68. The van der Waals surface area contributed by atoms with E-state index in [0.717, 1.165) is 24.2 Å². The highest BCUT2D eigenvalue weighted by atomic mass is 16.2. The third-order valence-corrected chi connectivity index (χ3v) is 4.47. The number of hydrogen-bond donors (Lipinski definition) is 1. The van der Waals surface area contributed by atoms with E-state index in [1.807, 2.05) is 19.3 Å². The standard InChI is InChI=1S/C17H20N8O/c1-23-8-6-18-15(23)16(26)21-13-4-7-25(11-13)17-19-5-3-14(22-17)12-9-20-24(2)10-12/h3,5-6,8-10,13H,4,7,11H2,1-2H3,(H,21,26). The molecule has 4 rings (SSSR count). The van der Waals surface area contributed by atoms with Crippen molar-refractivity contribution in [1.29, 1.82) is 0 Å². The van der Waals surface area contributed by atoms with Gasteiger partial charge in [-0.25, -0.2) is 15.0 Å². The number of amides is 1. The molecule has 26 heavy (non-hydrogen) atoms. The summed E-state index contributed by atoms with van der Waals surface area (Å²) >= 11 is 0. The lowest BCUT2D eigenvalue weighted by Gasteiger charge is -2.17. The minimum absolute atomic E-state index is 0.0462. The van der Waals surface area contributed by atoms with Crippen LogP contribution in [0.5, 0.6) is 0 Å². The molecule has 0 saturated carbocycles. The molecule has 0 aromatic carbocycles. The zero-order valence-electron chi connectivity index (χ0n) is 14.7. The minimum Gasteiger partial charge on any atom is -0.345 e. The first kappa shape index (κ1) is 16.2. The predicted octanol–water partition coefficient (Wildman–Crippen LogP) is 0.619. The van der Waals surface area contributed by atoms with Gasteiger partial charge in [0.05, 0.1) is 11.9 Å². The van der Waals surface area contributed by atoms with Crippen LogP contribution < -0.4 is 10.2 Å². The number of aromatic nitrogens is 6. The lowest BCUT2D eigenvalue weighted by molar-refractivity contribution is 0.0927. The van der Waals surface area contributed by atoms with E-state index in [2.05, 4.69) is 30.3 Å². The molecule has 1 unspecified atom stereocenters. The van der Waals surface area contributed by atoms with Crippen LogP contribution in [0.15, 0.2) is 37.1 Å². The van der Waals surface area contributed by atoms with Gasteiger partial charge in [0, 0.05) is 63.6 Å². The first-order valence-electron chi connectivity index (χ1n) is 8.45. The van der Waals surface area contributed by atoms with E-state index in [1.54, 1.807) is 41.1 Å². The van der Waals surface area contributed by atoms with Crippen LogP contribution in [0.1, 0.15) is 17.0 Å². The van der Waals surface area contributed by atoms with Crippen LogP contribution >= 0.6 is 0 Å². The molecule has 134 valence electrons. The van der Waals surface area contributed by atoms with Crippen molar-refractivity contribution in [3.8, 4) is 11.3 Å². The van der Waals surface area contributed by atoms with Crippen LogP contribution in [0.4, 0.5) is 5.95 Å². The molecular formula is C17H20N8O. The number of aryl methyl sites for hydroxylation is 2. The molecule has 9 nitrogen and oxygen atoms in total. The third-order valence-electron chi connectivity index (χ3n) is 4.47. The zero-order valence-corrected chi connectivity index (χ0v) is 14.7. The summed E-state index contributed by atoms with van der Waals surface area (Å²) < 4.78 is 3.46. The second-order valence-electron chi connectivity index (χ2n) is 6.41. The summed E-state index contributed by atoms with van der Waals surface area (Å²) in [6.45, 7) is 1.47. The number of carbonyl (C=O) groups excluding carboxylic acids is 1. The first-order chi connectivity index (χ1) is 12.6. The smallest absolute Gasteiger partial charge is 0.287 e. The highest BCUT2D eigenvalue weighted by Gasteiger charge is 2.27. The molecule has 1 atom stereocenters. The quantitative estimate of drug-likeness (QED) is 0.740. The monoisotopic (exact) mass is 352 g/mol. The Morgan fingerprint density at radius 3 is 2.88 bits per heavy atom. The van der Waals surface area contributed by atoms with Gasteiger partial charge in [0.25, 0.3) is 5.91 Å². The Morgan fingerprint density at radius 1 is 1.27 bits per heavy atom. The van der Waals surface area contributed by atoms with Crippen LogP contribution in [0.2, 0.25) is 0 Å². The average molecular weight is 352 g/mol. The van der Waals surface area contributed by atoms with Gasteiger partial charge in [-0.3, -0.25) is 9.48 Å². The van der Waals surface area contributed by atoms with E-state index in [-0.39, 0.29) is 11.9 Å². The van der Waals surface area contributed by atoms with E-state index in [4.69, 9.17) is 0 Å². The second-order valence-corrected chi connectivity index (χ2v) is 6.41. The molecule has 1 amide bonds. The van der Waals surface area contributed by atoms with Gasteiger partial charge in [-0.2, -0.15) is 5.10 Å². The Kier molecular flexibility index (Phi) is 4.11. The third kappa shape index (κ3) is 3.15. The van der Waals surface area contributed by atoms with Gasteiger partial charge in [-0.15, -0.1) is 0 Å². The fourth-order valence-corrected chi connectivity index (χ4v) is 3.11. The van der Waals surface area contributed by atoms with Gasteiger partial charge in [-0.05, 0) is 12.5 Å². The summed E-state index contributed by atoms with van der Waals surface area (Å²) in [5.41, 5.74) is 1.79. The van der Waals surface area contributed by atoms with E-state index >= 15 is 0 Å². The van der Waals surface area contributed by atoms with Crippen molar-refractivity contribution < 1.29 is 4.79 Å². The van der Waals surface area contributed by atoms with Crippen molar-refractivity contribution >= 4 is 11.9 Å². The van der Waals surface area contributed by atoms with E-state index in [0.29, 0.717) is 18.3 Å². The summed E-state index contributed by atoms with van der Waals surface area (Å²) in [5, 5.41) is 7.22. The van der Waals surface area contributed by atoms with Gasteiger partial charge in [-0.1, -0.05) is 0 Å². The molecule has 9 heteroatoms. The Hall–Kier alpha value is -3.23. The summed E-state index contributed by atoms with van der Waals surface area (Å²) in [7, 11) is 3.68. The van der Waals surface area contributed by atoms with E-state index in [1.165, 1.54) is 0 Å². The fraction of sp³-hybridized carbons (Fsp3) is 0.353. The lowest BCUT2D eigenvalue weighted by Crippen LogP contribution is -2.38. The minimum atomic E-state index is -0.158. The first-order valence-corrected chi connectivity index (χ1v) is 8.45. The number of nitrogens with zero attached hydrogens (tertiary/aromatic N) is 7. The molecule has 0 bridgehead atoms. The number of nitrogens with one attached hydrogen (secondary N) is 1. The van der Waals surface area contributed by atoms with Crippen LogP contribution in [0, 0.1) is 0 Å². The fourth-order valence-electron chi connectivity index (χ4n) is 3.11. The van der Waals surface area contributed by atoms with Crippen molar-refractivity contribution in [2.24, 2.45) is 14.1 Å². The number of rotatable bonds is 4. The maximum absolute atomic E-state index is 12.3. The molecule has 1 N–H and O–H groups in total. The predicted molar refractivity (Wildman–Crippen MR) is 95.5 cm³/mol. The molecule has 1 aliphatic rings. The van der Waals surface area contributed by atoms with Crippen LogP contribution in [0.3, 0.4) is 0 Å². The number of imidazole rings is 1. The average Bonchev–Trinajstić information content (AvgIpc) is 3.36. The topological polar surface area (TPSA) is 93.8 Å². The van der Waals surface area contributed by atoms with Crippen LogP contribution in [-0.4, -0.2) is 54.3 Å². The highest BCUT2D eigenvalue weighted by molar-refractivity contribution is 5.91. The van der Waals surface area contributed by atoms with Crippen molar-refractivity contribution in [1.82, 2.24) is 34.6 Å². The molecule has 3 aromatic rings. The Labute approximate surface area is 150 Å². The van der Waals surface area contributed by atoms with Gasteiger partial charge in [0.1, 0.15) is 0 Å². The Bertz CT molecular complexity index is 930. The molecule has 4 heterocycles. The number of anilines is 1. The maximum atomic E-state index is 12.3. The highest BCUT2D eigenvalue weighted by Crippen LogP contribution is 2.21. The zero-order chi connectivity index (χ0) is 18.1. The molecule has 0 aliphatic carbocycles. The molecular weight excluding hydrogens is 332 g/mol. The molecule has 0 spiro atoms. The van der Waals surface area contributed by atoms with Crippen molar-refractivity contribution in [3.63, 3.8) is 0 Å². The second kappa shape index (κ2) is 6.58. The molecule has 1 aliphatic heterocycles. The van der Waals surface area contributed by atoms with Gasteiger partial charge in [0.2, 0.25) is 5.95 Å². The van der Waals surface area contributed by atoms with E-state index in [9.17, 15) is 4.79 Å².